The summed E-state index contributed by atoms with van der Waals surface area (Å²) in [6.07, 6.45) is 4.42. The van der Waals surface area contributed by atoms with Gasteiger partial charge in [0.2, 0.25) is 0 Å². The molecule has 1 heterocycles. The van der Waals surface area contributed by atoms with Crippen LogP contribution in [0.4, 0.5) is 0 Å². The van der Waals surface area contributed by atoms with Crippen molar-refractivity contribution < 1.29 is 17.9 Å². The van der Waals surface area contributed by atoms with Crippen molar-refractivity contribution in [1.29, 1.82) is 0 Å². The average Bonchev–Trinajstić information content (AvgIpc) is 3.26. The third-order valence-corrected chi connectivity index (χ3v) is 7.74. The molecule has 4 rings (SSSR count). The van der Waals surface area contributed by atoms with E-state index in [1.165, 1.54) is 12.3 Å². The predicted molar refractivity (Wildman–Crippen MR) is 141 cm³/mol. The summed E-state index contributed by atoms with van der Waals surface area (Å²) in [6, 6.07) is 19.7. The van der Waals surface area contributed by atoms with Crippen LogP contribution < -0.4 is 4.74 Å². The van der Waals surface area contributed by atoms with Gasteiger partial charge in [-0.3, -0.25) is 4.79 Å². The van der Waals surface area contributed by atoms with E-state index in [0.717, 1.165) is 15.1 Å². The van der Waals surface area contributed by atoms with Gasteiger partial charge in [0.15, 0.2) is 5.78 Å². The molecule has 0 aliphatic heterocycles. The smallest absolute Gasteiger partial charge is 0.268 e. The maximum atomic E-state index is 13.7. The van der Waals surface area contributed by atoms with Gasteiger partial charge in [0.05, 0.1) is 21.4 Å². The summed E-state index contributed by atoms with van der Waals surface area (Å²) in [6.45, 7) is 2.16. The molecular weight excluding hydrogens is 528 g/mol. The van der Waals surface area contributed by atoms with Gasteiger partial charge in [-0.2, -0.15) is 0 Å². The highest BCUT2D eigenvalue weighted by Gasteiger charge is 2.27. The number of carbonyl (C=O) groups excluding carboxylic acids is 1. The Kier molecular flexibility index (Phi) is 7.14. The molecule has 0 atom stereocenters. The summed E-state index contributed by atoms with van der Waals surface area (Å²) in [7, 11) is -0.377. The number of hydrogen-bond donors (Lipinski definition) is 0. The van der Waals surface area contributed by atoms with Crippen molar-refractivity contribution in [2.75, 3.05) is 14.1 Å². The largest absolute Gasteiger partial charge is 0.488 e. The first-order valence-corrected chi connectivity index (χ1v) is 13.1. The molecule has 0 N–H and O–H groups in total. The van der Waals surface area contributed by atoms with Crippen molar-refractivity contribution in [2.24, 2.45) is 0 Å². The Morgan fingerprint density at radius 1 is 1.03 bits per heavy atom. The Balaban J connectivity index is 1.92. The molecule has 0 aliphatic carbocycles. The highest BCUT2D eigenvalue weighted by atomic mass is 79.9. The van der Waals surface area contributed by atoms with E-state index in [4.69, 9.17) is 4.74 Å². The molecule has 0 aliphatic rings. The zero-order valence-electron chi connectivity index (χ0n) is 19.6. The number of halogens is 1. The fourth-order valence-corrected chi connectivity index (χ4v) is 5.65. The van der Waals surface area contributed by atoms with Gasteiger partial charge in [-0.05, 0) is 52.7 Å². The first kappa shape index (κ1) is 24.8. The number of carbonyl (C=O) groups is 1. The number of nitrogens with zero attached hydrogens (tertiary/aromatic N) is 2. The standard InChI is InChI=1S/C27H25BrN2O4S/c1-19-9-11-21(12-10-19)35(32,33)30-17-22(24(31)15-16-29(2)3)26-25(14-13-23(28)27(26)30)34-18-20-7-5-4-6-8-20/h4-17H,18H2,1-3H3/b16-15+. The van der Waals surface area contributed by atoms with Crippen LogP contribution in [-0.2, 0) is 16.6 Å². The van der Waals surface area contributed by atoms with Crippen LogP contribution in [0.5, 0.6) is 5.75 Å². The molecular formula is C27H25BrN2O4S. The second-order valence-corrected chi connectivity index (χ2v) is 11.0. The third kappa shape index (κ3) is 5.18. The van der Waals surface area contributed by atoms with Gasteiger partial charge in [-0.25, -0.2) is 12.4 Å². The van der Waals surface area contributed by atoms with E-state index in [9.17, 15) is 13.2 Å². The van der Waals surface area contributed by atoms with Gasteiger partial charge in [-0.15, -0.1) is 0 Å². The quantitative estimate of drug-likeness (QED) is 0.204. The number of rotatable bonds is 8. The summed E-state index contributed by atoms with van der Waals surface area (Å²) >= 11 is 3.50. The maximum absolute atomic E-state index is 13.7. The number of fused-ring (bicyclic) bond motifs is 1. The molecule has 6 nitrogen and oxygen atoms in total. The summed E-state index contributed by atoms with van der Waals surface area (Å²) in [5.74, 6) is 0.0933. The predicted octanol–water partition coefficient (Wildman–Crippen LogP) is 5.79. The second-order valence-electron chi connectivity index (χ2n) is 8.34. The Hall–Kier alpha value is -3.36. The molecule has 0 saturated heterocycles. The van der Waals surface area contributed by atoms with E-state index in [0.29, 0.717) is 21.1 Å². The molecule has 0 radical (unpaired) electrons. The second kappa shape index (κ2) is 10.1. The minimum atomic E-state index is -3.99. The van der Waals surface area contributed by atoms with Crippen molar-refractivity contribution in [3.63, 3.8) is 0 Å². The van der Waals surface area contributed by atoms with Gasteiger partial charge in [0.25, 0.3) is 10.0 Å². The van der Waals surface area contributed by atoms with Crippen molar-refractivity contribution in [3.05, 3.63) is 106 Å². The fourth-order valence-electron chi connectivity index (χ4n) is 3.63. The van der Waals surface area contributed by atoms with Gasteiger partial charge in [0, 0.05) is 37.0 Å². The monoisotopic (exact) mass is 552 g/mol. The lowest BCUT2D eigenvalue weighted by Crippen LogP contribution is -2.12. The van der Waals surface area contributed by atoms with Crippen LogP contribution in [0, 0.1) is 6.92 Å². The minimum absolute atomic E-state index is 0.130. The molecule has 3 aromatic carbocycles. The molecule has 180 valence electrons. The summed E-state index contributed by atoms with van der Waals surface area (Å²) in [4.78, 5) is 15.1. The van der Waals surface area contributed by atoms with E-state index in [1.807, 2.05) is 37.3 Å². The number of ketones is 1. The van der Waals surface area contributed by atoms with Crippen LogP contribution in [0.2, 0.25) is 0 Å². The van der Waals surface area contributed by atoms with Gasteiger partial charge in [-0.1, -0.05) is 48.0 Å². The van der Waals surface area contributed by atoms with E-state index in [1.54, 1.807) is 61.6 Å². The summed E-state index contributed by atoms with van der Waals surface area (Å²) in [5, 5.41) is 0.430. The number of ether oxygens (including phenoxy) is 1. The molecule has 0 fully saturated rings. The van der Waals surface area contributed by atoms with Crippen molar-refractivity contribution in [1.82, 2.24) is 8.87 Å². The van der Waals surface area contributed by atoms with E-state index in [2.05, 4.69) is 15.9 Å². The Morgan fingerprint density at radius 2 is 1.71 bits per heavy atom. The summed E-state index contributed by atoms with van der Waals surface area (Å²) in [5.41, 5.74) is 2.48. The van der Waals surface area contributed by atoms with Crippen molar-refractivity contribution in [2.45, 2.75) is 18.4 Å². The molecule has 0 spiro atoms. The van der Waals surface area contributed by atoms with Crippen LogP contribution >= 0.6 is 15.9 Å². The Labute approximate surface area is 213 Å². The average molecular weight is 553 g/mol. The van der Waals surface area contributed by atoms with Gasteiger partial charge < -0.3 is 9.64 Å². The van der Waals surface area contributed by atoms with E-state index in [-0.39, 0.29) is 22.8 Å². The molecule has 8 heteroatoms. The van der Waals surface area contributed by atoms with Crippen LogP contribution in [0.15, 0.2) is 94.6 Å². The third-order valence-electron chi connectivity index (χ3n) is 5.43. The van der Waals surface area contributed by atoms with E-state index < -0.39 is 10.0 Å². The van der Waals surface area contributed by atoms with Gasteiger partial charge >= 0.3 is 0 Å². The van der Waals surface area contributed by atoms with Crippen molar-refractivity contribution in [3.8, 4) is 5.75 Å². The number of aromatic nitrogens is 1. The van der Waals surface area contributed by atoms with Crippen molar-refractivity contribution >= 4 is 42.6 Å². The number of benzene rings is 3. The number of aryl methyl sites for hydroxylation is 1. The molecule has 1 aromatic heterocycles. The molecule has 4 aromatic rings. The number of hydrogen-bond acceptors (Lipinski definition) is 5. The lowest BCUT2D eigenvalue weighted by Gasteiger charge is -2.12. The highest BCUT2D eigenvalue weighted by molar-refractivity contribution is 9.10. The summed E-state index contributed by atoms with van der Waals surface area (Å²) < 4.78 is 35.1. The van der Waals surface area contributed by atoms with E-state index >= 15 is 0 Å². The lowest BCUT2D eigenvalue weighted by molar-refractivity contribution is 0.104. The maximum Gasteiger partial charge on any atom is 0.268 e. The first-order valence-electron chi connectivity index (χ1n) is 10.9. The zero-order chi connectivity index (χ0) is 25.2. The first-order chi connectivity index (χ1) is 16.7. The molecule has 0 amide bonds. The van der Waals surface area contributed by atoms with Crippen LogP contribution in [-0.4, -0.2) is 37.2 Å². The molecule has 35 heavy (non-hydrogen) atoms. The zero-order valence-corrected chi connectivity index (χ0v) is 22.0. The van der Waals surface area contributed by atoms with Crippen LogP contribution in [0.3, 0.4) is 0 Å². The SMILES string of the molecule is Cc1ccc(S(=O)(=O)n2cc(C(=O)/C=C/N(C)C)c3c(OCc4ccccc4)ccc(Br)c32)cc1. The number of allylic oxidation sites excluding steroid dienone is 1. The Bertz CT molecular complexity index is 1510. The lowest BCUT2D eigenvalue weighted by atomic mass is 10.1. The molecule has 0 unspecified atom stereocenters. The minimum Gasteiger partial charge on any atom is -0.488 e. The highest BCUT2D eigenvalue weighted by Crippen LogP contribution is 2.38. The normalized spacial score (nSPS) is 11.8. The van der Waals surface area contributed by atoms with Crippen LogP contribution in [0.1, 0.15) is 21.5 Å². The molecule has 0 bridgehead atoms. The topological polar surface area (TPSA) is 68.6 Å². The fraction of sp³-hybridized carbons (Fsp3) is 0.148. The Morgan fingerprint density at radius 3 is 2.37 bits per heavy atom. The van der Waals surface area contributed by atoms with Gasteiger partial charge in [0.1, 0.15) is 12.4 Å². The van der Waals surface area contributed by atoms with Crippen LogP contribution in [0.25, 0.3) is 10.9 Å². The molecule has 0 saturated carbocycles.